The fourth-order valence-corrected chi connectivity index (χ4v) is 2.90. The minimum absolute atomic E-state index is 0.820. The monoisotopic (exact) mass is 221 g/mol. The third-order valence-electron chi connectivity index (χ3n) is 1.99. The molecule has 0 aromatic rings. The highest BCUT2D eigenvalue weighted by atomic mass is 32.2. The highest BCUT2D eigenvalue weighted by Crippen LogP contribution is 2.15. The van der Waals surface area contributed by atoms with Crippen molar-refractivity contribution >= 4 is 24.4 Å². The smallest absolute Gasteiger partial charge is 0.00662 e. The molecule has 0 aliphatic heterocycles. The quantitative estimate of drug-likeness (QED) is 0.496. The van der Waals surface area contributed by atoms with Crippen molar-refractivity contribution in [3.8, 4) is 0 Å². The van der Waals surface area contributed by atoms with Crippen LogP contribution < -0.4 is 0 Å². The van der Waals surface area contributed by atoms with Crippen molar-refractivity contribution < 1.29 is 0 Å². The van der Waals surface area contributed by atoms with Crippen LogP contribution in [0.4, 0.5) is 0 Å². The second kappa shape index (κ2) is 9.22. The molecule has 0 bridgehead atoms. The zero-order chi connectivity index (χ0) is 10.1. The zero-order valence-corrected chi connectivity index (χ0v) is 10.8. The van der Waals surface area contributed by atoms with Crippen LogP contribution in [0.15, 0.2) is 0 Å². The van der Waals surface area contributed by atoms with E-state index in [4.69, 9.17) is 0 Å². The van der Waals surface area contributed by atoms with E-state index in [1.807, 2.05) is 0 Å². The van der Waals surface area contributed by atoms with Crippen LogP contribution in [0.5, 0.6) is 0 Å². The Morgan fingerprint density at radius 2 is 2.08 bits per heavy atom. The molecule has 0 amide bonds. The van der Waals surface area contributed by atoms with Gasteiger partial charge in [0.1, 0.15) is 0 Å². The van der Waals surface area contributed by atoms with Gasteiger partial charge in [0.2, 0.25) is 0 Å². The number of nitrogens with zero attached hydrogens (tertiary/aromatic N) is 1. The second-order valence-corrected chi connectivity index (χ2v) is 5.23. The first-order chi connectivity index (χ1) is 6.20. The number of thioether (sulfide) groups is 1. The minimum Gasteiger partial charge on any atom is -0.309 e. The first-order valence-electron chi connectivity index (χ1n) is 5.04. The van der Waals surface area contributed by atoms with Gasteiger partial charge in [0.25, 0.3) is 0 Å². The van der Waals surface area contributed by atoms with Gasteiger partial charge < -0.3 is 4.90 Å². The van der Waals surface area contributed by atoms with E-state index >= 15 is 0 Å². The lowest BCUT2D eigenvalue weighted by Gasteiger charge is -2.14. The van der Waals surface area contributed by atoms with Crippen LogP contribution in [-0.2, 0) is 0 Å². The van der Waals surface area contributed by atoms with Crippen molar-refractivity contribution in [1.82, 2.24) is 4.90 Å². The first kappa shape index (κ1) is 13.7. The topological polar surface area (TPSA) is 3.24 Å². The first-order valence-corrected chi connectivity index (χ1v) is 6.82. The molecule has 0 spiro atoms. The molecule has 13 heavy (non-hydrogen) atoms. The van der Waals surface area contributed by atoms with E-state index in [2.05, 4.69) is 50.3 Å². The molecule has 1 unspecified atom stereocenters. The molecule has 0 radical (unpaired) electrons. The molecule has 80 valence electrons. The summed E-state index contributed by atoms with van der Waals surface area (Å²) in [6.45, 7) is 3.44. The van der Waals surface area contributed by atoms with E-state index in [1.165, 1.54) is 30.9 Å². The molecule has 1 atom stereocenters. The molecular weight excluding hydrogens is 198 g/mol. The van der Waals surface area contributed by atoms with Gasteiger partial charge in [-0.25, -0.2) is 0 Å². The van der Waals surface area contributed by atoms with E-state index in [0.717, 1.165) is 11.7 Å². The van der Waals surface area contributed by atoms with Crippen LogP contribution in [0, 0.1) is 5.92 Å². The molecule has 1 nitrogen and oxygen atoms in total. The maximum atomic E-state index is 4.37. The maximum Gasteiger partial charge on any atom is 0.00662 e. The number of hydrogen-bond donors (Lipinski definition) is 1. The van der Waals surface area contributed by atoms with Gasteiger partial charge in [0.15, 0.2) is 0 Å². The second-order valence-electron chi connectivity index (χ2n) is 3.72. The molecule has 0 N–H and O–H groups in total. The van der Waals surface area contributed by atoms with E-state index in [-0.39, 0.29) is 0 Å². The fraction of sp³-hybridized carbons (Fsp3) is 1.00. The normalized spacial score (nSPS) is 13.6. The van der Waals surface area contributed by atoms with Gasteiger partial charge in [-0.15, -0.1) is 0 Å². The summed E-state index contributed by atoms with van der Waals surface area (Å²) in [5.41, 5.74) is 0. The summed E-state index contributed by atoms with van der Waals surface area (Å²) in [6, 6.07) is 0. The average Bonchev–Trinajstić information content (AvgIpc) is 2.10. The Morgan fingerprint density at radius 3 is 2.54 bits per heavy atom. The lowest BCUT2D eigenvalue weighted by molar-refractivity contribution is 0.437. The Bertz CT molecular complexity index is 107. The summed E-state index contributed by atoms with van der Waals surface area (Å²) >= 11 is 6.43. The van der Waals surface area contributed by atoms with Gasteiger partial charge in [0.05, 0.1) is 0 Å². The lowest BCUT2D eigenvalue weighted by atomic mass is 10.1. The van der Waals surface area contributed by atoms with Crippen LogP contribution in [-0.4, -0.2) is 42.8 Å². The van der Waals surface area contributed by atoms with Gasteiger partial charge in [-0.2, -0.15) is 24.4 Å². The summed E-state index contributed by atoms with van der Waals surface area (Å²) in [7, 11) is 4.26. The molecule has 0 aliphatic carbocycles. The molecule has 0 aromatic carbocycles. The summed E-state index contributed by atoms with van der Waals surface area (Å²) in [5, 5.41) is 0. The molecular formula is C10H23NS2. The Kier molecular flexibility index (Phi) is 9.69. The van der Waals surface area contributed by atoms with E-state index in [0.29, 0.717) is 0 Å². The highest BCUT2D eigenvalue weighted by molar-refractivity contribution is 7.99. The Balaban J connectivity index is 3.27. The average molecular weight is 221 g/mol. The van der Waals surface area contributed by atoms with Crippen molar-refractivity contribution in [1.29, 1.82) is 0 Å². The summed E-state index contributed by atoms with van der Waals surface area (Å²) in [4.78, 5) is 2.24. The molecule has 0 saturated carbocycles. The maximum absolute atomic E-state index is 4.37. The standard InChI is InChI=1S/C10H23NS2/c1-4-5-10(8-12)9-13-7-6-11(2)3/h10,12H,4-9H2,1-3H3. The fourth-order valence-electron chi connectivity index (χ4n) is 1.13. The van der Waals surface area contributed by atoms with Crippen molar-refractivity contribution in [2.45, 2.75) is 19.8 Å². The van der Waals surface area contributed by atoms with E-state index < -0.39 is 0 Å². The zero-order valence-electron chi connectivity index (χ0n) is 9.12. The Labute approximate surface area is 93.1 Å². The number of hydrogen-bond acceptors (Lipinski definition) is 3. The summed E-state index contributed by atoms with van der Waals surface area (Å²) in [5.74, 6) is 4.40. The largest absolute Gasteiger partial charge is 0.309 e. The highest BCUT2D eigenvalue weighted by Gasteiger charge is 2.04. The van der Waals surface area contributed by atoms with Crippen LogP contribution >= 0.6 is 24.4 Å². The molecule has 0 fully saturated rings. The van der Waals surface area contributed by atoms with E-state index in [9.17, 15) is 0 Å². The SMILES string of the molecule is CCCC(CS)CSCCN(C)C. The van der Waals surface area contributed by atoms with Gasteiger partial charge in [0, 0.05) is 12.3 Å². The molecule has 0 aliphatic rings. The Morgan fingerprint density at radius 1 is 1.38 bits per heavy atom. The van der Waals surface area contributed by atoms with Crippen molar-refractivity contribution in [3.05, 3.63) is 0 Å². The van der Waals surface area contributed by atoms with E-state index in [1.54, 1.807) is 0 Å². The third kappa shape index (κ3) is 8.98. The summed E-state index contributed by atoms with van der Waals surface area (Å²) in [6.07, 6.45) is 2.62. The van der Waals surface area contributed by atoms with Crippen LogP contribution in [0.3, 0.4) is 0 Å². The van der Waals surface area contributed by atoms with Gasteiger partial charge in [-0.3, -0.25) is 0 Å². The van der Waals surface area contributed by atoms with Crippen LogP contribution in [0.2, 0.25) is 0 Å². The van der Waals surface area contributed by atoms with Crippen molar-refractivity contribution in [2.75, 3.05) is 37.9 Å². The van der Waals surface area contributed by atoms with Crippen molar-refractivity contribution in [2.24, 2.45) is 5.92 Å². The Hall–Kier alpha value is 0.660. The molecule has 0 saturated heterocycles. The number of thiol groups is 1. The molecule has 0 heterocycles. The lowest BCUT2D eigenvalue weighted by Crippen LogP contribution is -2.16. The summed E-state index contributed by atoms with van der Waals surface area (Å²) < 4.78 is 0. The van der Waals surface area contributed by atoms with Crippen molar-refractivity contribution in [3.63, 3.8) is 0 Å². The molecule has 3 heteroatoms. The van der Waals surface area contributed by atoms with Gasteiger partial charge >= 0.3 is 0 Å². The van der Waals surface area contributed by atoms with Gasteiger partial charge in [-0.1, -0.05) is 13.3 Å². The van der Waals surface area contributed by atoms with Gasteiger partial charge in [-0.05, 0) is 37.9 Å². The molecule has 0 rings (SSSR count). The third-order valence-corrected chi connectivity index (χ3v) is 3.69. The predicted molar refractivity (Wildman–Crippen MR) is 68.1 cm³/mol. The molecule has 0 aromatic heterocycles. The minimum atomic E-state index is 0.820. The number of rotatable bonds is 8. The van der Waals surface area contributed by atoms with Crippen LogP contribution in [0.1, 0.15) is 19.8 Å². The van der Waals surface area contributed by atoms with Crippen LogP contribution in [0.25, 0.3) is 0 Å². The predicted octanol–water partition coefficient (Wildman–Crippen LogP) is 2.63.